The third kappa shape index (κ3) is 3.20. The Bertz CT molecular complexity index is 924. The molecule has 1 aliphatic rings. The third-order valence-electron chi connectivity index (χ3n) is 4.77. The van der Waals surface area contributed by atoms with E-state index in [0.717, 1.165) is 46.8 Å². The largest absolute Gasteiger partial charge is 0.344 e. The van der Waals surface area contributed by atoms with Crippen LogP contribution in [-0.2, 0) is 6.54 Å². The molecule has 4 rings (SSSR count). The highest BCUT2D eigenvalue weighted by Crippen LogP contribution is 2.39. The summed E-state index contributed by atoms with van der Waals surface area (Å²) < 4.78 is 0. The van der Waals surface area contributed by atoms with Gasteiger partial charge in [0, 0.05) is 63.5 Å². The molecule has 0 aliphatic carbocycles. The summed E-state index contributed by atoms with van der Waals surface area (Å²) in [4.78, 5) is 31.6. The van der Waals surface area contributed by atoms with Gasteiger partial charge in [0.2, 0.25) is 0 Å². The zero-order chi connectivity index (χ0) is 18.1. The van der Waals surface area contributed by atoms with Crippen molar-refractivity contribution in [2.24, 2.45) is 0 Å². The molecule has 0 N–H and O–H groups in total. The van der Waals surface area contributed by atoms with E-state index in [2.05, 4.69) is 25.9 Å². The van der Waals surface area contributed by atoms with Crippen LogP contribution in [0.15, 0.2) is 36.9 Å². The van der Waals surface area contributed by atoms with E-state index in [1.807, 2.05) is 12.3 Å². The maximum atomic E-state index is 12.7. The van der Waals surface area contributed by atoms with Crippen LogP contribution in [-0.4, -0.2) is 57.8 Å². The van der Waals surface area contributed by atoms with Gasteiger partial charge in [0.25, 0.3) is 5.91 Å². The maximum Gasteiger partial charge on any atom is 0.263 e. The molecule has 0 aromatic carbocycles. The van der Waals surface area contributed by atoms with Gasteiger partial charge >= 0.3 is 0 Å². The number of rotatable bonds is 4. The van der Waals surface area contributed by atoms with E-state index in [-0.39, 0.29) is 5.91 Å². The van der Waals surface area contributed by atoms with Crippen molar-refractivity contribution in [3.8, 4) is 0 Å². The Labute approximate surface area is 156 Å². The first-order valence-corrected chi connectivity index (χ1v) is 9.51. The summed E-state index contributed by atoms with van der Waals surface area (Å²) in [5, 5.41) is 0. The van der Waals surface area contributed by atoms with E-state index < -0.39 is 0 Å². The first-order valence-electron chi connectivity index (χ1n) is 8.70. The molecule has 1 amide bonds. The molecule has 3 aromatic heterocycles. The van der Waals surface area contributed by atoms with Crippen molar-refractivity contribution in [2.45, 2.75) is 18.9 Å². The van der Waals surface area contributed by atoms with Gasteiger partial charge < -0.3 is 4.90 Å². The second-order valence-electron chi connectivity index (χ2n) is 6.84. The number of aromatic nitrogens is 3. The van der Waals surface area contributed by atoms with Gasteiger partial charge in [-0.3, -0.25) is 19.7 Å². The predicted molar refractivity (Wildman–Crippen MR) is 102 cm³/mol. The van der Waals surface area contributed by atoms with Crippen LogP contribution >= 0.6 is 11.3 Å². The van der Waals surface area contributed by atoms with E-state index >= 15 is 0 Å². The molecule has 0 bridgehead atoms. The van der Waals surface area contributed by atoms with Crippen LogP contribution in [0.25, 0.3) is 10.3 Å². The summed E-state index contributed by atoms with van der Waals surface area (Å²) in [5.74, 6) is 0.339. The first-order chi connectivity index (χ1) is 12.6. The molecule has 1 saturated heterocycles. The Morgan fingerprint density at radius 2 is 2.15 bits per heavy atom. The quantitative estimate of drug-likeness (QED) is 0.710. The van der Waals surface area contributed by atoms with Crippen molar-refractivity contribution < 1.29 is 4.79 Å². The van der Waals surface area contributed by atoms with Gasteiger partial charge in [0.05, 0.1) is 4.88 Å². The zero-order valence-electron chi connectivity index (χ0n) is 14.9. The molecular formula is C19H21N5OS. The van der Waals surface area contributed by atoms with Crippen LogP contribution < -0.4 is 0 Å². The number of carbonyl (C=O) groups is 1. The summed E-state index contributed by atoms with van der Waals surface area (Å²) in [6.07, 6.45) is 8.14. The van der Waals surface area contributed by atoms with Gasteiger partial charge in [-0.05, 0) is 24.6 Å². The lowest BCUT2D eigenvalue weighted by Crippen LogP contribution is -2.23. The van der Waals surface area contributed by atoms with Crippen LogP contribution in [0.1, 0.15) is 33.1 Å². The fraction of sp³-hybridized carbons (Fsp3) is 0.368. The fourth-order valence-corrected chi connectivity index (χ4v) is 4.76. The number of thiophene rings is 1. The summed E-state index contributed by atoms with van der Waals surface area (Å²) in [6, 6.07) is 4.07. The average Bonchev–Trinajstić information content (AvgIpc) is 3.25. The molecule has 26 heavy (non-hydrogen) atoms. The van der Waals surface area contributed by atoms with Crippen LogP contribution in [0, 0.1) is 0 Å². The smallest absolute Gasteiger partial charge is 0.263 e. The third-order valence-corrected chi connectivity index (χ3v) is 5.86. The van der Waals surface area contributed by atoms with Gasteiger partial charge in [-0.2, -0.15) is 0 Å². The fourth-order valence-electron chi connectivity index (χ4n) is 3.55. The monoisotopic (exact) mass is 367 g/mol. The predicted octanol–water partition coefficient (Wildman–Crippen LogP) is 2.78. The Hall–Kier alpha value is -2.38. The molecular weight excluding hydrogens is 346 g/mol. The normalized spacial score (nSPS) is 17.7. The molecule has 0 spiro atoms. The lowest BCUT2D eigenvalue weighted by atomic mass is 9.97. The van der Waals surface area contributed by atoms with Gasteiger partial charge in [0.15, 0.2) is 0 Å². The van der Waals surface area contributed by atoms with Crippen LogP contribution in [0.5, 0.6) is 0 Å². The molecule has 0 saturated carbocycles. The van der Waals surface area contributed by atoms with E-state index in [0.29, 0.717) is 5.92 Å². The Morgan fingerprint density at radius 3 is 2.92 bits per heavy atom. The Kier molecular flexibility index (Phi) is 4.65. The number of hydrogen-bond donors (Lipinski definition) is 0. The van der Waals surface area contributed by atoms with Gasteiger partial charge in [0.1, 0.15) is 10.3 Å². The lowest BCUT2D eigenvalue weighted by molar-refractivity contribution is 0.0831. The number of amides is 1. The lowest BCUT2D eigenvalue weighted by Gasteiger charge is -2.17. The Balaban J connectivity index is 1.64. The molecule has 1 aliphatic heterocycles. The highest BCUT2D eigenvalue weighted by molar-refractivity contribution is 7.20. The number of likely N-dealkylation sites (tertiary alicyclic amines) is 1. The van der Waals surface area contributed by atoms with E-state index in [9.17, 15) is 4.79 Å². The summed E-state index contributed by atoms with van der Waals surface area (Å²) >= 11 is 1.46. The second kappa shape index (κ2) is 7.09. The SMILES string of the molecule is CN(C)C(=O)c1sc2nccnc2c1[C@H]1CCN(Cc2cccnc2)C1. The second-order valence-corrected chi connectivity index (χ2v) is 7.84. The Morgan fingerprint density at radius 1 is 1.31 bits per heavy atom. The van der Waals surface area contributed by atoms with Crippen LogP contribution in [0.4, 0.5) is 0 Å². The van der Waals surface area contributed by atoms with Gasteiger partial charge in [-0.15, -0.1) is 11.3 Å². The minimum atomic E-state index is 0.0375. The van der Waals surface area contributed by atoms with Crippen molar-refractivity contribution in [1.82, 2.24) is 24.8 Å². The number of carbonyl (C=O) groups excluding carboxylic acids is 1. The van der Waals surface area contributed by atoms with Crippen molar-refractivity contribution in [3.05, 3.63) is 52.9 Å². The van der Waals surface area contributed by atoms with E-state index in [4.69, 9.17) is 0 Å². The van der Waals surface area contributed by atoms with Crippen LogP contribution in [0.2, 0.25) is 0 Å². The number of hydrogen-bond acceptors (Lipinski definition) is 6. The first kappa shape index (κ1) is 17.1. The molecule has 1 atom stereocenters. The summed E-state index contributed by atoms with van der Waals surface area (Å²) in [5.41, 5.74) is 3.18. The number of nitrogens with zero attached hydrogens (tertiary/aromatic N) is 5. The zero-order valence-corrected chi connectivity index (χ0v) is 15.7. The van der Waals surface area contributed by atoms with Crippen molar-refractivity contribution >= 4 is 27.6 Å². The topological polar surface area (TPSA) is 62.2 Å². The highest BCUT2D eigenvalue weighted by atomic mass is 32.1. The maximum absolute atomic E-state index is 12.7. The molecule has 0 unspecified atom stereocenters. The van der Waals surface area contributed by atoms with Gasteiger partial charge in [-0.1, -0.05) is 6.07 Å². The highest BCUT2D eigenvalue weighted by Gasteiger charge is 2.32. The number of fused-ring (bicyclic) bond motifs is 1. The minimum absolute atomic E-state index is 0.0375. The van der Waals surface area contributed by atoms with Crippen molar-refractivity contribution in [3.63, 3.8) is 0 Å². The minimum Gasteiger partial charge on any atom is -0.344 e. The van der Waals surface area contributed by atoms with E-state index in [1.165, 1.54) is 16.9 Å². The summed E-state index contributed by atoms with van der Waals surface area (Å²) in [7, 11) is 3.58. The average molecular weight is 367 g/mol. The van der Waals surface area contributed by atoms with Gasteiger partial charge in [-0.25, -0.2) is 4.98 Å². The molecule has 0 radical (unpaired) electrons. The molecule has 3 aromatic rings. The van der Waals surface area contributed by atoms with Crippen LogP contribution in [0.3, 0.4) is 0 Å². The van der Waals surface area contributed by atoms with Crippen molar-refractivity contribution in [2.75, 3.05) is 27.2 Å². The standard InChI is InChI=1S/C19H21N5OS/c1-23(2)19(25)17-15(16-18(26-17)22-8-7-21-16)14-5-9-24(12-14)11-13-4-3-6-20-10-13/h3-4,6-8,10,14H,5,9,11-12H2,1-2H3/t14-/m0/s1. The van der Waals surface area contributed by atoms with Crippen molar-refractivity contribution in [1.29, 1.82) is 0 Å². The number of pyridine rings is 1. The van der Waals surface area contributed by atoms with E-state index in [1.54, 1.807) is 37.6 Å². The molecule has 6 nitrogen and oxygen atoms in total. The summed E-state index contributed by atoms with van der Waals surface area (Å²) in [6.45, 7) is 2.81. The molecule has 7 heteroatoms. The molecule has 1 fully saturated rings. The molecule has 4 heterocycles. The molecule has 134 valence electrons.